The van der Waals surface area contributed by atoms with Crippen LogP contribution >= 0.6 is 0 Å². The first-order valence-corrected chi connectivity index (χ1v) is 7.62. The second kappa shape index (κ2) is 6.83. The number of fused-ring (bicyclic) bond motifs is 1. The van der Waals surface area contributed by atoms with E-state index in [1.807, 2.05) is 12.1 Å². The number of carbonyl (C=O) groups is 1. The number of hydrogen-bond donors (Lipinski definition) is 2. The lowest BCUT2D eigenvalue weighted by Crippen LogP contribution is -2.44. The van der Waals surface area contributed by atoms with E-state index in [4.69, 9.17) is 0 Å². The van der Waals surface area contributed by atoms with Gasteiger partial charge in [-0.25, -0.2) is 4.79 Å². The van der Waals surface area contributed by atoms with E-state index < -0.39 is 5.60 Å². The summed E-state index contributed by atoms with van der Waals surface area (Å²) in [6.07, 6.45) is 2.94. The summed E-state index contributed by atoms with van der Waals surface area (Å²) in [5, 5.41) is 13.8. The number of amides is 2. The van der Waals surface area contributed by atoms with Gasteiger partial charge in [0.15, 0.2) is 0 Å². The number of aryl methyl sites for hydroxylation is 1. The van der Waals surface area contributed by atoms with Gasteiger partial charge < -0.3 is 19.9 Å². The fourth-order valence-corrected chi connectivity index (χ4v) is 2.57. The Hall–Kier alpha value is -2.01. The number of aliphatic hydroxyl groups is 1. The zero-order chi connectivity index (χ0) is 16.2. The molecule has 5 nitrogen and oxygen atoms in total. The molecule has 0 saturated heterocycles. The molecule has 2 amide bonds. The van der Waals surface area contributed by atoms with E-state index in [1.165, 1.54) is 15.8 Å². The van der Waals surface area contributed by atoms with Crippen molar-refractivity contribution in [1.29, 1.82) is 0 Å². The van der Waals surface area contributed by atoms with Gasteiger partial charge in [-0.15, -0.1) is 0 Å². The first-order chi connectivity index (χ1) is 10.4. The monoisotopic (exact) mass is 303 g/mol. The highest BCUT2D eigenvalue weighted by atomic mass is 16.3. The molecule has 1 aromatic carbocycles. The highest BCUT2D eigenvalue weighted by molar-refractivity contribution is 5.79. The highest BCUT2D eigenvalue weighted by Crippen LogP contribution is 2.15. The number of para-hydroxylation sites is 1. The van der Waals surface area contributed by atoms with Crippen LogP contribution in [0.5, 0.6) is 0 Å². The maximum absolute atomic E-state index is 11.9. The van der Waals surface area contributed by atoms with Gasteiger partial charge in [0.25, 0.3) is 0 Å². The second-order valence-electron chi connectivity index (χ2n) is 6.32. The average Bonchev–Trinajstić information content (AvgIpc) is 2.85. The van der Waals surface area contributed by atoms with E-state index in [9.17, 15) is 9.90 Å². The predicted octanol–water partition coefficient (Wildman–Crippen LogP) is 2.44. The van der Waals surface area contributed by atoms with Crippen LogP contribution < -0.4 is 5.32 Å². The third kappa shape index (κ3) is 4.49. The van der Waals surface area contributed by atoms with Gasteiger partial charge in [0.1, 0.15) is 0 Å². The Labute approximate surface area is 131 Å². The molecule has 0 unspecified atom stereocenters. The average molecular weight is 303 g/mol. The van der Waals surface area contributed by atoms with Gasteiger partial charge in [-0.05, 0) is 37.8 Å². The molecular weight excluding hydrogens is 278 g/mol. The summed E-state index contributed by atoms with van der Waals surface area (Å²) >= 11 is 0. The molecule has 0 bridgehead atoms. The molecule has 0 aliphatic carbocycles. The minimum Gasteiger partial charge on any atom is -0.389 e. The molecule has 0 spiro atoms. The predicted molar refractivity (Wildman–Crippen MR) is 88.9 cm³/mol. The van der Waals surface area contributed by atoms with Crippen LogP contribution in [0.4, 0.5) is 4.79 Å². The summed E-state index contributed by atoms with van der Waals surface area (Å²) in [5.41, 5.74) is 0.337. The zero-order valence-corrected chi connectivity index (χ0v) is 13.5. The van der Waals surface area contributed by atoms with Crippen LogP contribution in [0.25, 0.3) is 10.9 Å². The van der Waals surface area contributed by atoms with E-state index >= 15 is 0 Å². The summed E-state index contributed by atoms with van der Waals surface area (Å²) < 4.78 is 2.20. The molecule has 2 N–H and O–H groups in total. The molecule has 0 saturated carbocycles. The van der Waals surface area contributed by atoms with Crippen molar-refractivity contribution in [2.24, 2.45) is 0 Å². The van der Waals surface area contributed by atoms with Gasteiger partial charge in [-0.1, -0.05) is 18.2 Å². The largest absolute Gasteiger partial charge is 0.389 e. The van der Waals surface area contributed by atoms with Crippen molar-refractivity contribution in [3.05, 3.63) is 36.5 Å². The molecule has 0 radical (unpaired) electrons. The van der Waals surface area contributed by atoms with Gasteiger partial charge in [0, 0.05) is 31.9 Å². The summed E-state index contributed by atoms with van der Waals surface area (Å²) in [5.74, 6) is 0. The number of nitrogens with one attached hydrogen (secondary N) is 1. The van der Waals surface area contributed by atoms with Crippen molar-refractivity contribution in [3.8, 4) is 0 Å². The Morgan fingerprint density at radius 2 is 2.05 bits per heavy atom. The molecule has 0 fully saturated rings. The molecule has 2 rings (SSSR count). The van der Waals surface area contributed by atoms with Crippen molar-refractivity contribution in [1.82, 2.24) is 14.8 Å². The Balaban J connectivity index is 1.76. The Morgan fingerprint density at radius 1 is 1.32 bits per heavy atom. The molecule has 0 aliphatic rings. The number of nitrogens with zero attached hydrogens (tertiary/aromatic N) is 2. The first kappa shape index (κ1) is 16.4. The van der Waals surface area contributed by atoms with E-state index in [-0.39, 0.29) is 6.03 Å². The molecular formula is C17H25N3O2. The molecule has 0 aliphatic heterocycles. The fraction of sp³-hybridized carbons (Fsp3) is 0.471. The van der Waals surface area contributed by atoms with Gasteiger partial charge in [0.05, 0.1) is 12.1 Å². The van der Waals surface area contributed by atoms with Crippen LogP contribution in [0.2, 0.25) is 0 Å². The van der Waals surface area contributed by atoms with Crippen LogP contribution in [-0.2, 0) is 6.54 Å². The smallest absolute Gasteiger partial charge is 0.317 e. The van der Waals surface area contributed by atoms with E-state index in [0.29, 0.717) is 13.1 Å². The van der Waals surface area contributed by atoms with Crippen molar-refractivity contribution in [2.75, 3.05) is 20.1 Å². The van der Waals surface area contributed by atoms with Gasteiger partial charge in [0.2, 0.25) is 0 Å². The highest BCUT2D eigenvalue weighted by Gasteiger charge is 2.18. The quantitative estimate of drug-likeness (QED) is 0.805. The molecule has 1 heterocycles. The van der Waals surface area contributed by atoms with E-state index in [0.717, 1.165) is 13.0 Å². The second-order valence-corrected chi connectivity index (χ2v) is 6.32. The number of carbonyl (C=O) groups excluding carboxylic acids is 1. The first-order valence-electron chi connectivity index (χ1n) is 7.62. The third-order valence-corrected chi connectivity index (χ3v) is 3.50. The molecule has 0 atom stereocenters. The normalized spacial score (nSPS) is 11.6. The molecule has 22 heavy (non-hydrogen) atoms. The van der Waals surface area contributed by atoms with E-state index in [2.05, 4.69) is 34.3 Å². The molecule has 2 aromatic rings. The molecule has 5 heteroatoms. The minimum atomic E-state index is -0.879. The number of hydrogen-bond acceptors (Lipinski definition) is 2. The number of rotatable bonds is 6. The van der Waals surface area contributed by atoms with Crippen LogP contribution in [0.3, 0.4) is 0 Å². The fourth-order valence-electron chi connectivity index (χ4n) is 2.57. The van der Waals surface area contributed by atoms with Crippen LogP contribution in [0.1, 0.15) is 20.3 Å². The van der Waals surface area contributed by atoms with Gasteiger partial charge >= 0.3 is 6.03 Å². The van der Waals surface area contributed by atoms with Crippen molar-refractivity contribution >= 4 is 16.9 Å². The topological polar surface area (TPSA) is 57.5 Å². The van der Waals surface area contributed by atoms with Crippen molar-refractivity contribution in [2.45, 2.75) is 32.4 Å². The molecule has 1 aromatic heterocycles. The maximum Gasteiger partial charge on any atom is 0.317 e. The van der Waals surface area contributed by atoms with Crippen LogP contribution in [-0.4, -0.2) is 46.3 Å². The number of aromatic nitrogens is 1. The number of likely N-dealkylation sites (N-methyl/N-ethyl adjacent to an activating group) is 1. The summed E-state index contributed by atoms with van der Waals surface area (Å²) in [4.78, 5) is 13.4. The lowest BCUT2D eigenvalue weighted by Gasteiger charge is -2.25. The maximum atomic E-state index is 11.9. The van der Waals surface area contributed by atoms with Crippen molar-refractivity contribution < 1.29 is 9.90 Å². The third-order valence-electron chi connectivity index (χ3n) is 3.50. The zero-order valence-electron chi connectivity index (χ0n) is 13.5. The van der Waals surface area contributed by atoms with Crippen molar-refractivity contribution in [3.63, 3.8) is 0 Å². The lowest BCUT2D eigenvalue weighted by atomic mass is 10.1. The Bertz CT molecular complexity index is 628. The Kier molecular flexibility index (Phi) is 5.08. The van der Waals surface area contributed by atoms with Gasteiger partial charge in [-0.3, -0.25) is 0 Å². The SMILES string of the molecule is CN(CC(C)(C)O)C(=O)NCCCn1ccc2ccccc21. The summed E-state index contributed by atoms with van der Waals surface area (Å²) in [6, 6.07) is 10.2. The summed E-state index contributed by atoms with van der Waals surface area (Å²) in [6.45, 7) is 5.16. The van der Waals surface area contributed by atoms with Crippen LogP contribution in [0, 0.1) is 0 Å². The van der Waals surface area contributed by atoms with E-state index in [1.54, 1.807) is 20.9 Å². The van der Waals surface area contributed by atoms with Gasteiger partial charge in [-0.2, -0.15) is 0 Å². The number of benzene rings is 1. The number of urea groups is 1. The van der Waals surface area contributed by atoms with Crippen LogP contribution in [0.15, 0.2) is 36.5 Å². The summed E-state index contributed by atoms with van der Waals surface area (Å²) in [7, 11) is 1.69. The standard InChI is InChI=1S/C17H25N3O2/c1-17(2,22)13-19(3)16(21)18-10-6-11-20-12-9-14-7-4-5-8-15(14)20/h4-5,7-9,12,22H,6,10-11,13H2,1-3H3,(H,18,21). The Morgan fingerprint density at radius 3 is 2.77 bits per heavy atom. The minimum absolute atomic E-state index is 0.153. The lowest BCUT2D eigenvalue weighted by molar-refractivity contribution is 0.0532. The molecule has 120 valence electrons.